The van der Waals surface area contributed by atoms with Crippen molar-refractivity contribution in [1.82, 2.24) is 19.8 Å². The van der Waals surface area contributed by atoms with Gasteiger partial charge in [0.05, 0.1) is 4.90 Å². The largest absolute Gasteiger partial charge is 0.352 e. The first-order chi connectivity index (χ1) is 14.4. The fourth-order valence-corrected chi connectivity index (χ4v) is 5.12. The zero-order valence-electron chi connectivity index (χ0n) is 18.3. The average molecular weight is 558 g/mol. The second-order valence-electron chi connectivity index (χ2n) is 7.58. The molecule has 7 nitrogen and oxygen atoms in total. The summed E-state index contributed by atoms with van der Waals surface area (Å²) in [7, 11) is 0.194. The minimum absolute atomic E-state index is 0. The number of piperazine rings is 1. The average Bonchev–Trinajstić information content (AvgIpc) is 2.74. The number of aryl methyl sites for hydroxylation is 1. The highest BCUT2D eigenvalue weighted by atomic mass is 127. The van der Waals surface area contributed by atoms with Crippen LogP contribution in [0, 0.1) is 6.92 Å². The van der Waals surface area contributed by atoms with Gasteiger partial charge in [0.15, 0.2) is 5.96 Å². The number of likely N-dealkylation sites (N-methyl/N-ethyl adjacent to an activating group) is 1. The molecule has 2 aromatic rings. The van der Waals surface area contributed by atoms with Crippen molar-refractivity contribution in [3.8, 4) is 0 Å². The second-order valence-corrected chi connectivity index (χ2v) is 9.49. The molecular weight excluding hydrogens is 525 g/mol. The van der Waals surface area contributed by atoms with Gasteiger partial charge in [0.25, 0.3) is 0 Å². The summed E-state index contributed by atoms with van der Waals surface area (Å²) in [4.78, 5) is 6.76. The molecular formula is C22H32IN5O2S. The molecule has 0 aromatic heterocycles. The standard InChI is InChI=1S/C22H31N5O2S.HI/c1-18-7-6-8-19(15-18)16-24-22(23-2)25-17-20-9-4-5-10-21(20)30(28,29)27-13-11-26(3)12-14-27;/h4-10,15H,11-14,16-17H2,1-3H3,(H2,23,24,25);1H. The van der Waals surface area contributed by atoms with E-state index in [1.165, 1.54) is 5.56 Å². The molecule has 1 saturated heterocycles. The van der Waals surface area contributed by atoms with Crippen LogP contribution < -0.4 is 10.6 Å². The van der Waals surface area contributed by atoms with E-state index in [1.54, 1.807) is 23.5 Å². The lowest BCUT2D eigenvalue weighted by molar-refractivity contribution is 0.222. The van der Waals surface area contributed by atoms with E-state index in [9.17, 15) is 8.42 Å². The normalized spacial score (nSPS) is 15.9. The van der Waals surface area contributed by atoms with Gasteiger partial charge in [0.1, 0.15) is 0 Å². The van der Waals surface area contributed by atoms with Crippen LogP contribution in [0.1, 0.15) is 16.7 Å². The molecule has 0 spiro atoms. The van der Waals surface area contributed by atoms with E-state index in [-0.39, 0.29) is 24.0 Å². The molecule has 0 unspecified atom stereocenters. The zero-order valence-corrected chi connectivity index (χ0v) is 21.5. The van der Waals surface area contributed by atoms with Crippen molar-refractivity contribution in [2.24, 2.45) is 4.99 Å². The van der Waals surface area contributed by atoms with Gasteiger partial charge in [0.2, 0.25) is 10.0 Å². The van der Waals surface area contributed by atoms with Crippen molar-refractivity contribution < 1.29 is 8.42 Å². The molecule has 2 aromatic carbocycles. The van der Waals surface area contributed by atoms with E-state index in [0.29, 0.717) is 37.0 Å². The number of nitrogens with zero attached hydrogens (tertiary/aromatic N) is 3. The Morgan fingerprint density at radius 2 is 1.68 bits per heavy atom. The highest BCUT2D eigenvalue weighted by Crippen LogP contribution is 2.21. The highest BCUT2D eigenvalue weighted by Gasteiger charge is 2.29. The maximum Gasteiger partial charge on any atom is 0.243 e. The summed E-state index contributed by atoms with van der Waals surface area (Å²) in [6, 6.07) is 15.5. The van der Waals surface area contributed by atoms with Gasteiger partial charge < -0.3 is 15.5 Å². The van der Waals surface area contributed by atoms with E-state index < -0.39 is 10.0 Å². The fourth-order valence-electron chi connectivity index (χ4n) is 3.48. The molecule has 1 fully saturated rings. The number of sulfonamides is 1. The lowest BCUT2D eigenvalue weighted by Crippen LogP contribution is -2.47. The van der Waals surface area contributed by atoms with Crippen LogP contribution in [0.15, 0.2) is 58.4 Å². The number of guanidine groups is 1. The maximum absolute atomic E-state index is 13.2. The van der Waals surface area contributed by atoms with Crippen LogP contribution in [-0.2, 0) is 23.1 Å². The first kappa shape index (κ1) is 25.6. The van der Waals surface area contributed by atoms with Crippen molar-refractivity contribution >= 4 is 40.0 Å². The molecule has 0 bridgehead atoms. The molecule has 0 radical (unpaired) electrons. The molecule has 0 atom stereocenters. The predicted molar refractivity (Wildman–Crippen MR) is 136 cm³/mol. The Hall–Kier alpha value is -1.69. The van der Waals surface area contributed by atoms with Gasteiger partial charge >= 0.3 is 0 Å². The van der Waals surface area contributed by atoms with Gasteiger partial charge in [0, 0.05) is 46.3 Å². The molecule has 9 heteroatoms. The van der Waals surface area contributed by atoms with Crippen LogP contribution in [0.2, 0.25) is 0 Å². The van der Waals surface area contributed by atoms with Crippen LogP contribution in [0.25, 0.3) is 0 Å². The predicted octanol–water partition coefficient (Wildman–Crippen LogP) is 2.41. The molecule has 1 aliphatic heterocycles. The highest BCUT2D eigenvalue weighted by molar-refractivity contribution is 14.0. The summed E-state index contributed by atoms with van der Waals surface area (Å²) < 4.78 is 28.0. The number of halogens is 1. The summed E-state index contributed by atoms with van der Waals surface area (Å²) in [6.07, 6.45) is 0. The Balaban J connectivity index is 0.00000341. The molecule has 1 aliphatic rings. The molecule has 31 heavy (non-hydrogen) atoms. The van der Waals surface area contributed by atoms with E-state index in [2.05, 4.69) is 45.6 Å². The van der Waals surface area contributed by atoms with Crippen LogP contribution in [0.4, 0.5) is 0 Å². The zero-order chi connectivity index (χ0) is 21.6. The number of nitrogens with one attached hydrogen (secondary N) is 2. The number of rotatable bonds is 6. The van der Waals surface area contributed by atoms with Gasteiger partial charge in [-0.1, -0.05) is 48.0 Å². The third-order valence-electron chi connectivity index (χ3n) is 5.27. The topological polar surface area (TPSA) is 77.0 Å². The summed E-state index contributed by atoms with van der Waals surface area (Å²) >= 11 is 0. The van der Waals surface area contributed by atoms with Crippen molar-refractivity contribution in [2.45, 2.75) is 24.9 Å². The number of hydrogen-bond acceptors (Lipinski definition) is 4. The van der Waals surface area contributed by atoms with E-state index in [4.69, 9.17) is 0 Å². The molecule has 0 saturated carbocycles. The van der Waals surface area contributed by atoms with E-state index in [0.717, 1.165) is 24.2 Å². The van der Waals surface area contributed by atoms with Crippen molar-refractivity contribution in [3.63, 3.8) is 0 Å². The third-order valence-corrected chi connectivity index (χ3v) is 7.26. The molecule has 2 N–H and O–H groups in total. The van der Waals surface area contributed by atoms with Crippen molar-refractivity contribution in [3.05, 3.63) is 65.2 Å². The van der Waals surface area contributed by atoms with Gasteiger partial charge in [-0.15, -0.1) is 24.0 Å². The number of hydrogen-bond donors (Lipinski definition) is 2. The monoisotopic (exact) mass is 557 g/mol. The minimum Gasteiger partial charge on any atom is -0.352 e. The summed E-state index contributed by atoms with van der Waals surface area (Å²) in [6.45, 7) is 5.60. The minimum atomic E-state index is -3.52. The quantitative estimate of drug-likeness (QED) is 0.324. The lowest BCUT2D eigenvalue weighted by Gasteiger charge is -2.32. The molecule has 3 rings (SSSR count). The van der Waals surface area contributed by atoms with Gasteiger partial charge in [-0.2, -0.15) is 4.31 Å². The Kier molecular flexibility index (Phi) is 9.73. The summed E-state index contributed by atoms with van der Waals surface area (Å²) in [5.74, 6) is 0.628. The number of benzene rings is 2. The Morgan fingerprint density at radius 3 is 2.35 bits per heavy atom. The number of aliphatic imine (C=N–C) groups is 1. The molecule has 0 aliphatic carbocycles. The van der Waals surface area contributed by atoms with Crippen LogP contribution >= 0.6 is 24.0 Å². The molecule has 0 amide bonds. The van der Waals surface area contributed by atoms with Crippen molar-refractivity contribution in [1.29, 1.82) is 0 Å². The van der Waals surface area contributed by atoms with Crippen LogP contribution in [0.5, 0.6) is 0 Å². The van der Waals surface area contributed by atoms with Gasteiger partial charge in [-0.05, 0) is 31.2 Å². The second kappa shape index (κ2) is 11.8. The summed E-state index contributed by atoms with van der Waals surface area (Å²) in [5, 5.41) is 6.52. The lowest BCUT2D eigenvalue weighted by atomic mass is 10.1. The van der Waals surface area contributed by atoms with E-state index in [1.807, 2.05) is 25.2 Å². The Bertz CT molecular complexity index is 989. The first-order valence-corrected chi connectivity index (χ1v) is 11.6. The maximum atomic E-state index is 13.2. The van der Waals surface area contributed by atoms with Gasteiger partial charge in [-0.25, -0.2) is 8.42 Å². The first-order valence-electron chi connectivity index (χ1n) is 10.2. The van der Waals surface area contributed by atoms with E-state index >= 15 is 0 Å². The van der Waals surface area contributed by atoms with Gasteiger partial charge in [-0.3, -0.25) is 4.99 Å². The van der Waals surface area contributed by atoms with Crippen molar-refractivity contribution in [2.75, 3.05) is 40.3 Å². The SMILES string of the molecule is CN=C(NCc1cccc(C)c1)NCc1ccccc1S(=O)(=O)N1CCN(C)CC1.I. The van der Waals surface area contributed by atoms with Crippen LogP contribution in [0.3, 0.4) is 0 Å². The fraction of sp³-hybridized carbons (Fsp3) is 0.409. The Labute approximate surface area is 203 Å². The van der Waals surface area contributed by atoms with Crippen LogP contribution in [-0.4, -0.2) is 63.9 Å². The summed E-state index contributed by atoms with van der Waals surface area (Å²) in [5.41, 5.74) is 3.10. The Morgan fingerprint density at radius 1 is 1.00 bits per heavy atom. The molecule has 1 heterocycles. The molecule has 170 valence electrons. The third kappa shape index (κ3) is 6.90. The smallest absolute Gasteiger partial charge is 0.243 e.